The first kappa shape index (κ1) is 12.3. The smallest absolute Gasteiger partial charge is 0.164 e. The molecule has 2 aromatic rings. The van der Waals surface area contributed by atoms with Crippen molar-refractivity contribution in [2.45, 2.75) is 13.3 Å². The van der Waals surface area contributed by atoms with E-state index in [9.17, 15) is 10.2 Å². The van der Waals surface area contributed by atoms with Gasteiger partial charge in [-0.05, 0) is 18.6 Å². The molecule has 0 aliphatic heterocycles. The summed E-state index contributed by atoms with van der Waals surface area (Å²) in [4.78, 5) is 0. The fourth-order valence-electron chi connectivity index (χ4n) is 1.96. The lowest BCUT2D eigenvalue weighted by atomic mass is 10.0. The molecular weight excluding hydrogens is 228 g/mol. The van der Waals surface area contributed by atoms with E-state index in [1.807, 2.05) is 30.3 Å². The monoisotopic (exact) mass is 244 g/mol. The molecule has 0 spiro atoms. The van der Waals surface area contributed by atoms with E-state index in [-0.39, 0.29) is 11.5 Å². The van der Waals surface area contributed by atoms with E-state index in [2.05, 4.69) is 0 Å². The third kappa shape index (κ3) is 2.25. The molecule has 0 atom stereocenters. The van der Waals surface area contributed by atoms with Gasteiger partial charge in [-0.1, -0.05) is 30.3 Å². The predicted octanol–water partition coefficient (Wildman–Crippen LogP) is 3.01. The van der Waals surface area contributed by atoms with E-state index in [1.54, 1.807) is 13.0 Å². The van der Waals surface area contributed by atoms with Gasteiger partial charge < -0.3 is 14.9 Å². The molecule has 2 rings (SSSR count). The Kier molecular flexibility index (Phi) is 3.42. The molecule has 0 aromatic heterocycles. The van der Waals surface area contributed by atoms with Crippen LogP contribution >= 0.6 is 0 Å². The topological polar surface area (TPSA) is 49.7 Å². The Labute approximate surface area is 106 Å². The van der Waals surface area contributed by atoms with Gasteiger partial charge in [0.25, 0.3) is 0 Å². The van der Waals surface area contributed by atoms with E-state index >= 15 is 0 Å². The zero-order chi connectivity index (χ0) is 13.1. The quantitative estimate of drug-likeness (QED) is 0.872. The lowest BCUT2D eigenvalue weighted by Crippen LogP contribution is -1.96. The molecule has 0 fully saturated rings. The average molecular weight is 244 g/mol. The molecule has 0 aliphatic rings. The van der Waals surface area contributed by atoms with Crippen molar-refractivity contribution in [3.63, 3.8) is 0 Å². The van der Waals surface area contributed by atoms with Crippen LogP contribution in [0.2, 0.25) is 0 Å². The van der Waals surface area contributed by atoms with Crippen molar-refractivity contribution in [3.05, 3.63) is 53.1 Å². The highest BCUT2D eigenvalue weighted by Gasteiger charge is 2.15. The molecule has 18 heavy (non-hydrogen) atoms. The third-order valence-electron chi connectivity index (χ3n) is 3.00. The van der Waals surface area contributed by atoms with E-state index in [4.69, 9.17) is 4.74 Å². The standard InChI is InChI=1S/C15H16O3/c1-10-13(16)9-12(15(18-2)14(10)17)8-11-6-4-3-5-7-11/h3-7,9,16-17H,8H2,1-2H3. The van der Waals surface area contributed by atoms with Crippen LogP contribution in [0.15, 0.2) is 36.4 Å². The van der Waals surface area contributed by atoms with Crippen molar-refractivity contribution in [1.82, 2.24) is 0 Å². The highest BCUT2D eigenvalue weighted by atomic mass is 16.5. The highest BCUT2D eigenvalue weighted by Crippen LogP contribution is 2.39. The van der Waals surface area contributed by atoms with Crippen LogP contribution in [0.4, 0.5) is 0 Å². The van der Waals surface area contributed by atoms with E-state index in [1.165, 1.54) is 7.11 Å². The van der Waals surface area contributed by atoms with Crippen LogP contribution in [0.1, 0.15) is 16.7 Å². The van der Waals surface area contributed by atoms with E-state index in [0.717, 1.165) is 11.1 Å². The molecule has 2 N–H and O–H groups in total. The Morgan fingerprint density at radius 2 is 1.78 bits per heavy atom. The minimum atomic E-state index is 0.00318. The molecule has 0 saturated carbocycles. The van der Waals surface area contributed by atoms with Gasteiger partial charge in [-0.2, -0.15) is 0 Å². The van der Waals surface area contributed by atoms with Crippen LogP contribution in [0.3, 0.4) is 0 Å². The van der Waals surface area contributed by atoms with Crippen molar-refractivity contribution < 1.29 is 14.9 Å². The van der Waals surface area contributed by atoms with Crippen molar-refractivity contribution in [2.75, 3.05) is 7.11 Å². The summed E-state index contributed by atoms with van der Waals surface area (Å²) in [5.74, 6) is 0.511. The number of rotatable bonds is 3. The Morgan fingerprint density at radius 1 is 1.11 bits per heavy atom. The summed E-state index contributed by atoms with van der Waals surface area (Å²) in [5.41, 5.74) is 2.30. The summed E-state index contributed by atoms with van der Waals surface area (Å²) in [6.45, 7) is 1.65. The van der Waals surface area contributed by atoms with Crippen LogP contribution in [0, 0.1) is 6.92 Å². The molecule has 0 saturated heterocycles. The maximum atomic E-state index is 9.95. The molecule has 0 aliphatic carbocycles. The molecule has 0 bridgehead atoms. The highest BCUT2D eigenvalue weighted by molar-refractivity contribution is 5.57. The lowest BCUT2D eigenvalue weighted by Gasteiger charge is -2.13. The molecule has 3 nitrogen and oxygen atoms in total. The van der Waals surface area contributed by atoms with Gasteiger partial charge in [0.1, 0.15) is 5.75 Å². The second-order valence-electron chi connectivity index (χ2n) is 4.22. The summed E-state index contributed by atoms with van der Waals surface area (Å²) in [5, 5.41) is 19.7. The summed E-state index contributed by atoms with van der Waals surface area (Å²) >= 11 is 0. The van der Waals surface area contributed by atoms with E-state index < -0.39 is 0 Å². The van der Waals surface area contributed by atoms with Crippen LogP contribution in [-0.2, 0) is 6.42 Å². The van der Waals surface area contributed by atoms with Gasteiger partial charge in [-0.15, -0.1) is 0 Å². The Bertz CT molecular complexity index is 547. The lowest BCUT2D eigenvalue weighted by molar-refractivity contribution is 0.363. The van der Waals surface area contributed by atoms with Gasteiger partial charge in [0.2, 0.25) is 0 Å². The average Bonchev–Trinajstić information content (AvgIpc) is 2.38. The van der Waals surface area contributed by atoms with Gasteiger partial charge in [0.05, 0.1) is 7.11 Å². The Morgan fingerprint density at radius 3 is 2.39 bits per heavy atom. The number of hydrogen-bond donors (Lipinski definition) is 2. The van der Waals surface area contributed by atoms with Crippen molar-refractivity contribution >= 4 is 0 Å². The largest absolute Gasteiger partial charge is 0.508 e. The van der Waals surface area contributed by atoms with Gasteiger partial charge in [0, 0.05) is 17.5 Å². The predicted molar refractivity (Wildman–Crippen MR) is 70.3 cm³/mol. The van der Waals surface area contributed by atoms with Crippen LogP contribution in [0.5, 0.6) is 17.2 Å². The molecule has 0 amide bonds. The third-order valence-corrected chi connectivity index (χ3v) is 3.00. The van der Waals surface area contributed by atoms with E-state index in [0.29, 0.717) is 17.7 Å². The van der Waals surface area contributed by atoms with Crippen molar-refractivity contribution in [1.29, 1.82) is 0 Å². The molecule has 2 aromatic carbocycles. The minimum Gasteiger partial charge on any atom is -0.508 e. The van der Waals surface area contributed by atoms with Crippen LogP contribution < -0.4 is 4.74 Å². The number of methoxy groups -OCH3 is 1. The number of phenols is 2. The number of ether oxygens (including phenoxy) is 1. The zero-order valence-electron chi connectivity index (χ0n) is 10.5. The molecular formula is C15H16O3. The van der Waals surface area contributed by atoms with Gasteiger partial charge in [-0.3, -0.25) is 0 Å². The minimum absolute atomic E-state index is 0.00318. The van der Waals surface area contributed by atoms with Crippen molar-refractivity contribution in [2.24, 2.45) is 0 Å². The molecule has 94 valence electrons. The number of hydrogen-bond acceptors (Lipinski definition) is 3. The van der Waals surface area contributed by atoms with Crippen LogP contribution in [0.25, 0.3) is 0 Å². The fraction of sp³-hybridized carbons (Fsp3) is 0.200. The second kappa shape index (κ2) is 5.00. The van der Waals surface area contributed by atoms with Crippen LogP contribution in [-0.4, -0.2) is 17.3 Å². The zero-order valence-corrected chi connectivity index (χ0v) is 10.5. The number of benzene rings is 2. The maximum Gasteiger partial charge on any atom is 0.164 e. The summed E-state index contributed by atoms with van der Waals surface area (Å²) in [7, 11) is 1.51. The second-order valence-corrected chi connectivity index (χ2v) is 4.22. The molecule has 3 heteroatoms. The first-order chi connectivity index (χ1) is 8.63. The van der Waals surface area contributed by atoms with Crippen molar-refractivity contribution in [3.8, 4) is 17.2 Å². The normalized spacial score (nSPS) is 10.3. The van der Waals surface area contributed by atoms with Gasteiger partial charge >= 0.3 is 0 Å². The summed E-state index contributed by atoms with van der Waals surface area (Å²) in [6.07, 6.45) is 0.603. The number of aromatic hydroxyl groups is 2. The first-order valence-corrected chi connectivity index (χ1v) is 5.75. The first-order valence-electron chi connectivity index (χ1n) is 5.75. The SMILES string of the molecule is COc1c(Cc2ccccc2)cc(O)c(C)c1O. The molecule has 0 radical (unpaired) electrons. The molecule has 0 heterocycles. The van der Waals surface area contributed by atoms with Gasteiger partial charge in [-0.25, -0.2) is 0 Å². The number of phenolic OH excluding ortho intramolecular Hbond substituents is 2. The fourth-order valence-corrected chi connectivity index (χ4v) is 1.96. The van der Waals surface area contributed by atoms with Gasteiger partial charge in [0.15, 0.2) is 11.5 Å². The summed E-state index contributed by atoms with van der Waals surface area (Å²) in [6, 6.07) is 11.5. The Balaban J connectivity index is 2.45. The summed E-state index contributed by atoms with van der Waals surface area (Å²) < 4.78 is 5.22. The maximum absolute atomic E-state index is 9.95. The molecule has 0 unspecified atom stereocenters. The Hall–Kier alpha value is -2.16.